The van der Waals surface area contributed by atoms with Crippen LogP contribution >= 0.6 is 0 Å². The number of anilines is 2. The minimum absolute atomic E-state index is 0. The van der Waals surface area contributed by atoms with Gasteiger partial charge in [-0.3, -0.25) is 0 Å². The predicted octanol–water partition coefficient (Wildman–Crippen LogP) is 1.71. The second kappa shape index (κ2) is 12.6. The van der Waals surface area contributed by atoms with E-state index in [2.05, 4.69) is 136 Å². The van der Waals surface area contributed by atoms with Gasteiger partial charge in [-0.1, -0.05) is 0 Å². The third-order valence-electron chi connectivity index (χ3n) is 7.78. The summed E-state index contributed by atoms with van der Waals surface area (Å²) in [6.45, 7) is 15.5. The van der Waals surface area contributed by atoms with Crippen LogP contribution in [0, 0.1) is 41.5 Å². The molecule has 0 unspecified atom stereocenters. The normalized spacial score (nSPS) is 14.0. The molecular weight excluding hydrogens is 632 g/mol. The Hall–Kier alpha value is -2.84. The molecule has 1 aliphatic carbocycles. The fraction of sp³-hybridized carbons (Fsp3) is 0.222. The molecule has 0 aromatic heterocycles. The first kappa shape index (κ1) is 31.1. The van der Waals surface area contributed by atoms with Crippen LogP contribution in [0.4, 0.5) is 11.4 Å². The van der Waals surface area contributed by atoms with Gasteiger partial charge in [-0.05, 0) is 0 Å². The van der Waals surface area contributed by atoms with Crippen molar-refractivity contribution in [3.8, 4) is 0 Å². The van der Waals surface area contributed by atoms with E-state index in [0.717, 1.165) is 13.1 Å². The number of hydrogen-bond acceptors (Lipinski definition) is 2. The van der Waals surface area contributed by atoms with Crippen LogP contribution in [0.3, 0.4) is 0 Å². The Bertz CT molecular complexity index is 1600. The Labute approximate surface area is 264 Å². The Morgan fingerprint density at radius 3 is 1.49 bits per heavy atom. The molecule has 0 N–H and O–H groups in total. The van der Waals surface area contributed by atoms with Crippen molar-refractivity contribution < 1.29 is 41.0 Å². The van der Waals surface area contributed by atoms with E-state index in [1.54, 1.807) is 0 Å². The van der Waals surface area contributed by atoms with Gasteiger partial charge in [0.2, 0.25) is 0 Å². The first-order valence-corrected chi connectivity index (χ1v) is 15.5. The average Bonchev–Trinajstić information content (AvgIpc) is 3.46. The summed E-state index contributed by atoms with van der Waals surface area (Å²) in [6, 6.07) is 29.2. The van der Waals surface area contributed by atoms with Gasteiger partial charge in [0.1, 0.15) is 0 Å². The van der Waals surface area contributed by atoms with Crippen LogP contribution in [0.15, 0.2) is 84.9 Å². The molecule has 41 heavy (non-hydrogen) atoms. The standard InChI is InChI=1S/C21H26N2.C15H10.2ClH.Ru/c1-14-9-16(3)20(17(4)10-14)22-7-8-23(13-22)21-18(5)11-15(2)12-19(21)6;1-2-6-12(7-3-1)15-11-10-13-8-4-5-9-14(13)15;;;/h9-12H,7-8H2,1-6H3;1-9,11H;2*1H;/q;;;;+2/p-2. The van der Waals surface area contributed by atoms with Crippen LogP contribution in [0.2, 0.25) is 0 Å². The maximum absolute atomic E-state index is 2.64. The Morgan fingerprint density at radius 1 is 0.561 bits per heavy atom. The van der Waals surface area contributed by atoms with Gasteiger partial charge >= 0.3 is 241 Å². The van der Waals surface area contributed by atoms with E-state index in [1.165, 1.54) is 75.5 Å². The number of benzene rings is 4. The topological polar surface area (TPSA) is 6.48 Å². The first-order chi connectivity index (χ1) is 18.8. The van der Waals surface area contributed by atoms with Crippen molar-refractivity contribution >= 4 is 25.4 Å². The quantitative estimate of drug-likeness (QED) is 0.307. The van der Waals surface area contributed by atoms with Gasteiger partial charge < -0.3 is 24.8 Å². The van der Waals surface area contributed by atoms with Crippen molar-refractivity contribution in [3.05, 3.63) is 135 Å². The van der Waals surface area contributed by atoms with Crippen LogP contribution in [0.5, 0.6) is 0 Å². The third kappa shape index (κ3) is 5.78. The van der Waals surface area contributed by atoms with Gasteiger partial charge in [0.15, 0.2) is 0 Å². The molecule has 1 heterocycles. The number of allylic oxidation sites excluding steroid dienone is 1. The summed E-state index contributed by atoms with van der Waals surface area (Å²) in [5, 5.41) is 0. The number of aryl methyl sites for hydroxylation is 6. The Kier molecular flexibility index (Phi) is 9.54. The smallest absolute Gasteiger partial charge is 1.00 e. The zero-order valence-electron chi connectivity index (χ0n) is 24.5. The van der Waals surface area contributed by atoms with Crippen LogP contribution < -0.4 is 34.6 Å². The zero-order chi connectivity index (χ0) is 27.3. The first-order valence-electron chi connectivity index (χ1n) is 13.8. The number of rotatable bonds is 3. The molecule has 212 valence electrons. The molecule has 6 rings (SSSR count). The van der Waals surface area contributed by atoms with Gasteiger partial charge in [0.25, 0.3) is 0 Å². The molecule has 1 fully saturated rings. The molecule has 2 aliphatic rings. The molecule has 0 spiro atoms. The van der Waals surface area contributed by atoms with Gasteiger partial charge in [0.05, 0.1) is 0 Å². The summed E-state index contributed by atoms with van der Waals surface area (Å²) in [5.41, 5.74) is 16.3. The average molecular weight is 669 g/mol. The zero-order valence-corrected chi connectivity index (χ0v) is 27.8. The van der Waals surface area contributed by atoms with E-state index < -0.39 is 0 Å². The van der Waals surface area contributed by atoms with E-state index in [4.69, 9.17) is 0 Å². The van der Waals surface area contributed by atoms with E-state index in [9.17, 15) is 0 Å². The minimum atomic E-state index is -0.233. The number of fused-ring (bicyclic) bond motifs is 1. The number of hydrogen-bond donors (Lipinski definition) is 0. The number of nitrogens with zero attached hydrogens (tertiary/aromatic N) is 2. The van der Waals surface area contributed by atoms with E-state index in [1.807, 2.05) is 0 Å². The van der Waals surface area contributed by atoms with Crippen LogP contribution in [-0.4, -0.2) is 21.6 Å². The van der Waals surface area contributed by atoms with Crippen LogP contribution in [-0.2, 0) is 16.2 Å². The Morgan fingerprint density at radius 2 is 1.00 bits per heavy atom. The van der Waals surface area contributed by atoms with Crippen LogP contribution in [0.25, 0.3) is 5.57 Å². The van der Waals surface area contributed by atoms with Crippen molar-refractivity contribution in [1.82, 2.24) is 0 Å². The summed E-state index contributed by atoms with van der Waals surface area (Å²) in [4.78, 5) is 5.29. The molecule has 2 nitrogen and oxygen atoms in total. The SMILES string of the molecule is Cc1cc(C)c(N2CCN(c3c(C)cc(C)cc3C)[C]2=[Ru+2]=[C]2C=C(c3ccccc3)c3ccccc32)c(C)c1.[Cl-].[Cl-]. The maximum atomic E-state index is 2.64. The van der Waals surface area contributed by atoms with Crippen molar-refractivity contribution in [1.29, 1.82) is 0 Å². The number of halogens is 2. The molecule has 0 atom stereocenters. The van der Waals surface area contributed by atoms with Gasteiger partial charge in [0, 0.05) is 0 Å². The summed E-state index contributed by atoms with van der Waals surface area (Å²) >= 11 is -0.233. The van der Waals surface area contributed by atoms with Crippen molar-refractivity contribution in [2.45, 2.75) is 41.5 Å². The molecule has 0 amide bonds. The van der Waals surface area contributed by atoms with Gasteiger partial charge in [-0.2, -0.15) is 0 Å². The van der Waals surface area contributed by atoms with Crippen molar-refractivity contribution in [3.63, 3.8) is 0 Å². The molecule has 0 radical (unpaired) electrons. The molecule has 0 saturated carbocycles. The summed E-state index contributed by atoms with van der Waals surface area (Å²) in [7, 11) is 0. The van der Waals surface area contributed by atoms with E-state index >= 15 is 0 Å². The van der Waals surface area contributed by atoms with Crippen molar-refractivity contribution in [2.75, 3.05) is 22.9 Å². The van der Waals surface area contributed by atoms with E-state index in [0.29, 0.717) is 0 Å². The predicted molar refractivity (Wildman–Crippen MR) is 165 cm³/mol. The molecule has 5 heteroatoms. The monoisotopic (exact) mass is 668 g/mol. The third-order valence-corrected chi connectivity index (χ3v) is 10.3. The molecule has 4 aromatic carbocycles. The molecule has 1 saturated heterocycles. The largest absolute Gasteiger partial charge is 1.00 e. The second-order valence-electron chi connectivity index (χ2n) is 10.9. The Balaban J connectivity index is 0.00000194. The van der Waals surface area contributed by atoms with Crippen LogP contribution in [0.1, 0.15) is 50.1 Å². The summed E-state index contributed by atoms with van der Waals surface area (Å²) < 4.78 is 2.94. The fourth-order valence-corrected chi connectivity index (χ4v) is 9.09. The second-order valence-corrected chi connectivity index (χ2v) is 13.1. The minimum Gasteiger partial charge on any atom is -1.00 e. The van der Waals surface area contributed by atoms with E-state index in [-0.39, 0.29) is 41.0 Å². The summed E-state index contributed by atoms with van der Waals surface area (Å²) in [6.07, 6.45) is 2.48. The molecule has 4 aromatic rings. The van der Waals surface area contributed by atoms with Gasteiger partial charge in [-0.25, -0.2) is 0 Å². The van der Waals surface area contributed by atoms with Crippen molar-refractivity contribution in [2.24, 2.45) is 0 Å². The molecule has 1 aliphatic heterocycles. The van der Waals surface area contributed by atoms with Gasteiger partial charge in [-0.15, -0.1) is 0 Å². The maximum Gasteiger partial charge on any atom is -1.00 e. The molecular formula is C36H36Cl2N2Ru. The summed E-state index contributed by atoms with van der Waals surface area (Å²) in [5.74, 6) is 0. The fourth-order valence-electron chi connectivity index (χ4n) is 6.43. The molecule has 0 bridgehead atoms.